The molecule has 0 aromatic rings. The molecule has 2 aliphatic heterocycles. The Kier molecular flexibility index (Phi) is 2.33. The van der Waals surface area contributed by atoms with Crippen LogP contribution in [-0.4, -0.2) is 43.6 Å². The molecular weight excluding hydrogens is 188 g/mol. The van der Waals surface area contributed by atoms with Gasteiger partial charge < -0.3 is 5.32 Å². The molecule has 0 amide bonds. The van der Waals surface area contributed by atoms with Gasteiger partial charge in [-0.1, -0.05) is 0 Å². The van der Waals surface area contributed by atoms with Crippen LogP contribution < -0.4 is 5.32 Å². The quantitative estimate of drug-likeness (QED) is 0.593. The highest BCUT2D eigenvalue weighted by atomic mass is 32.2. The Labute approximate surface area is 79.4 Å². The Hall–Kier alpha value is -0.130. The monoisotopic (exact) mass is 204 g/mol. The normalized spacial score (nSPS) is 43.9. The van der Waals surface area contributed by atoms with E-state index >= 15 is 0 Å². The fourth-order valence-corrected chi connectivity index (χ4v) is 3.91. The molecule has 13 heavy (non-hydrogen) atoms. The van der Waals surface area contributed by atoms with Crippen molar-refractivity contribution < 1.29 is 8.42 Å². The molecule has 2 heterocycles. The Balaban J connectivity index is 2.27. The van der Waals surface area contributed by atoms with Crippen LogP contribution in [0.2, 0.25) is 0 Å². The van der Waals surface area contributed by atoms with Crippen LogP contribution in [0, 0.1) is 0 Å². The van der Waals surface area contributed by atoms with Gasteiger partial charge in [0.1, 0.15) is 0 Å². The maximum atomic E-state index is 11.7. The van der Waals surface area contributed by atoms with Crippen molar-refractivity contribution in [2.24, 2.45) is 0 Å². The van der Waals surface area contributed by atoms with Crippen molar-refractivity contribution in [3.63, 3.8) is 0 Å². The Morgan fingerprint density at radius 3 is 3.00 bits per heavy atom. The van der Waals surface area contributed by atoms with Gasteiger partial charge in [-0.15, -0.1) is 0 Å². The lowest BCUT2D eigenvalue weighted by Gasteiger charge is -2.35. The van der Waals surface area contributed by atoms with Crippen LogP contribution >= 0.6 is 0 Å². The molecular formula is C8H16N2O2S. The zero-order valence-corrected chi connectivity index (χ0v) is 8.68. The third-order valence-electron chi connectivity index (χ3n) is 2.91. The van der Waals surface area contributed by atoms with Crippen molar-refractivity contribution in [3.05, 3.63) is 0 Å². The van der Waals surface area contributed by atoms with Crippen molar-refractivity contribution in [1.29, 1.82) is 0 Å². The van der Waals surface area contributed by atoms with E-state index in [9.17, 15) is 8.42 Å². The van der Waals surface area contributed by atoms with E-state index in [1.807, 2.05) is 6.92 Å². The average molecular weight is 204 g/mol. The van der Waals surface area contributed by atoms with Crippen LogP contribution in [0.1, 0.15) is 19.8 Å². The molecule has 3 atom stereocenters. The first-order chi connectivity index (χ1) is 6.09. The Morgan fingerprint density at radius 1 is 1.46 bits per heavy atom. The Morgan fingerprint density at radius 2 is 2.23 bits per heavy atom. The van der Waals surface area contributed by atoms with Crippen LogP contribution in [0.25, 0.3) is 0 Å². The van der Waals surface area contributed by atoms with E-state index in [2.05, 4.69) is 5.32 Å². The number of nitrogens with zero attached hydrogens (tertiary/aromatic N) is 1. The zero-order chi connectivity index (χ0) is 9.47. The number of hydrogen-bond acceptors (Lipinski definition) is 3. The maximum Gasteiger partial charge on any atom is 0.214 e. The second-order valence-corrected chi connectivity index (χ2v) is 6.02. The summed E-state index contributed by atoms with van der Waals surface area (Å²) in [5.74, 6) is 0.329. The van der Waals surface area contributed by atoms with Gasteiger partial charge in [0.15, 0.2) is 0 Å². The molecule has 76 valence electrons. The number of hydrogen-bond donors (Lipinski definition) is 1. The molecule has 2 rings (SSSR count). The first-order valence-corrected chi connectivity index (χ1v) is 6.43. The summed E-state index contributed by atoms with van der Waals surface area (Å²) < 4.78 is 25.1. The minimum atomic E-state index is -2.95. The summed E-state index contributed by atoms with van der Waals surface area (Å²) in [4.78, 5) is 0. The van der Waals surface area contributed by atoms with Gasteiger partial charge in [-0.05, 0) is 19.8 Å². The minimum Gasteiger partial charge on any atom is -0.311 e. The highest BCUT2D eigenvalue weighted by molar-refractivity contribution is 7.89. The highest BCUT2D eigenvalue weighted by Crippen LogP contribution is 2.20. The van der Waals surface area contributed by atoms with E-state index in [0.717, 1.165) is 19.4 Å². The van der Waals surface area contributed by atoms with Gasteiger partial charge >= 0.3 is 0 Å². The van der Waals surface area contributed by atoms with Crippen molar-refractivity contribution in [2.45, 2.75) is 31.8 Å². The van der Waals surface area contributed by atoms with E-state index in [0.29, 0.717) is 18.3 Å². The second kappa shape index (κ2) is 3.22. The molecule has 0 spiro atoms. The molecule has 5 heteroatoms. The largest absolute Gasteiger partial charge is 0.311 e. The van der Waals surface area contributed by atoms with E-state index in [-0.39, 0.29) is 6.04 Å². The van der Waals surface area contributed by atoms with Gasteiger partial charge in [-0.25, -0.2) is 8.42 Å². The summed E-state index contributed by atoms with van der Waals surface area (Å²) in [6, 6.07) is 0.507. The fourth-order valence-electron chi connectivity index (χ4n) is 2.11. The van der Waals surface area contributed by atoms with E-state index in [1.54, 1.807) is 4.31 Å². The predicted octanol–water partition coefficient (Wildman–Crippen LogP) is -0.228. The molecule has 3 unspecified atom stereocenters. The van der Waals surface area contributed by atoms with Crippen molar-refractivity contribution >= 4 is 10.0 Å². The number of fused-ring (bicyclic) bond motifs is 2. The molecule has 2 saturated heterocycles. The maximum absolute atomic E-state index is 11.7. The fraction of sp³-hybridized carbons (Fsp3) is 1.00. The van der Waals surface area contributed by atoms with Crippen molar-refractivity contribution in [3.8, 4) is 0 Å². The lowest BCUT2D eigenvalue weighted by atomic mass is 10.1. The van der Waals surface area contributed by atoms with Gasteiger partial charge in [0.05, 0.1) is 5.75 Å². The molecule has 2 bridgehead atoms. The number of nitrogens with one attached hydrogen (secondary N) is 1. The van der Waals surface area contributed by atoms with Gasteiger partial charge in [0.2, 0.25) is 10.0 Å². The van der Waals surface area contributed by atoms with Gasteiger partial charge in [0.25, 0.3) is 0 Å². The van der Waals surface area contributed by atoms with Crippen LogP contribution in [0.4, 0.5) is 0 Å². The number of piperazine rings is 1. The van der Waals surface area contributed by atoms with E-state index in [4.69, 9.17) is 0 Å². The summed E-state index contributed by atoms with van der Waals surface area (Å²) in [5, 5.41) is 3.37. The van der Waals surface area contributed by atoms with Gasteiger partial charge in [-0.3, -0.25) is 0 Å². The van der Waals surface area contributed by atoms with Crippen LogP contribution in [0.3, 0.4) is 0 Å². The molecule has 0 saturated carbocycles. The van der Waals surface area contributed by atoms with Crippen LogP contribution in [0.5, 0.6) is 0 Å². The average Bonchev–Trinajstić information content (AvgIpc) is 2.18. The summed E-state index contributed by atoms with van der Waals surface area (Å²) in [6.07, 6.45) is 1.78. The lowest BCUT2D eigenvalue weighted by Crippen LogP contribution is -2.55. The molecule has 0 aliphatic carbocycles. The first kappa shape index (κ1) is 9.43. The first-order valence-electron chi connectivity index (χ1n) is 4.82. The molecule has 0 radical (unpaired) electrons. The topological polar surface area (TPSA) is 49.4 Å². The molecule has 2 aliphatic rings. The highest BCUT2D eigenvalue weighted by Gasteiger charge is 2.35. The van der Waals surface area contributed by atoms with E-state index < -0.39 is 10.0 Å². The van der Waals surface area contributed by atoms with Gasteiger partial charge in [0, 0.05) is 25.2 Å². The van der Waals surface area contributed by atoms with Crippen LogP contribution in [0.15, 0.2) is 0 Å². The van der Waals surface area contributed by atoms with Gasteiger partial charge in [-0.2, -0.15) is 4.31 Å². The third-order valence-corrected chi connectivity index (χ3v) is 4.93. The summed E-state index contributed by atoms with van der Waals surface area (Å²) >= 11 is 0. The number of sulfonamides is 1. The number of rotatable bonds is 0. The smallest absolute Gasteiger partial charge is 0.214 e. The van der Waals surface area contributed by atoms with Crippen molar-refractivity contribution in [1.82, 2.24) is 9.62 Å². The summed E-state index contributed by atoms with van der Waals surface area (Å²) in [7, 11) is -2.95. The third kappa shape index (κ3) is 1.73. The molecule has 1 N–H and O–H groups in total. The molecule has 2 fully saturated rings. The van der Waals surface area contributed by atoms with E-state index in [1.165, 1.54) is 0 Å². The van der Waals surface area contributed by atoms with Crippen molar-refractivity contribution in [2.75, 3.05) is 18.8 Å². The SMILES string of the molecule is CC1CNC2CCCS(=O)(=O)N1C2. The second-order valence-electron chi connectivity index (χ2n) is 3.98. The Bertz CT molecular complexity index is 289. The molecule has 4 nitrogen and oxygen atoms in total. The zero-order valence-electron chi connectivity index (χ0n) is 7.86. The van der Waals surface area contributed by atoms with Crippen LogP contribution in [-0.2, 0) is 10.0 Å². The molecule has 0 aromatic heterocycles. The standard InChI is InChI=1S/C8H16N2O2S/c1-7-5-9-8-3-2-4-13(11,12)10(7)6-8/h7-9H,2-6H2,1H3. The summed E-state index contributed by atoms with van der Waals surface area (Å²) in [5.41, 5.74) is 0. The summed E-state index contributed by atoms with van der Waals surface area (Å²) in [6.45, 7) is 3.43. The lowest BCUT2D eigenvalue weighted by molar-refractivity contribution is 0.238. The molecule has 0 aromatic carbocycles. The minimum absolute atomic E-state index is 0.124. The predicted molar refractivity (Wildman–Crippen MR) is 51.0 cm³/mol.